The molecule has 1 aromatic carbocycles. The van der Waals surface area contributed by atoms with Crippen molar-refractivity contribution in [3.63, 3.8) is 0 Å². The molecular formula is C15H22BrN. The van der Waals surface area contributed by atoms with E-state index in [2.05, 4.69) is 59.4 Å². The van der Waals surface area contributed by atoms with Gasteiger partial charge >= 0.3 is 0 Å². The molecule has 0 bridgehead atoms. The van der Waals surface area contributed by atoms with E-state index in [0.29, 0.717) is 6.04 Å². The topological polar surface area (TPSA) is 12.0 Å². The molecule has 1 aliphatic rings. The van der Waals surface area contributed by atoms with Gasteiger partial charge in [-0.2, -0.15) is 0 Å². The van der Waals surface area contributed by atoms with Gasteiger partial charge < -0.3 is 5.32 Å². The number of hydrogen-bond acceptors (Lipinski definition) is 1. The molecule has 0 radical (unpaired) electrons. The third-order valence-corrected chi connectivity index (χ3v) is 4.49. The van der Waals surface area contributed by atoms with Crippen LogP contribution in [-0.4, -0.2) is 6.04 Å². The van der Waals surface area contributed by atoms with Crippen molar-refractivity contribution in [3.8, 4) is 0 Å². The lowest BCUT2D eigenvalue weighted by molar-refractivity contribution is 0.238. The highest BCUT2D eigenvalue weighted by Crippen LogP contribution is 2.28. The summed E-state index contributed by atoms with van der Waals surface area (Å²) >= 11 is 3.61. The fraction of sp³-hybridized carbons (Fsp3) is 0.600. The van der Waals surface area contributed by atoms with Crippen molar-refractivity contribution < 1.29 is 0 Å². The minimum atomic E-state index is 0.695. The normalized spacial score (nSPS) is 29.2. The summed E-state index contributed by atoms with van der Waals surface area (Å²) in [6.45, 7) is 5.73. The van der Waals surface area contributed by atoms with Gasteiger partial charge in [-0.15, -0.1) is 0 Å². The summed E-state index contributed by atoms with van der Waals surface area (Å²) in [6.07, 6.45) is 4.05. The van der Waals surface area contributed by atoms with Crippen molar-refractivity contribution >= 4 is 15.9 Å². The summed E-state index contributed by atoms with van der Waals surface area (Å²) in [5.41, 5.74) is 1.36. The Kier molecular flexibility index (Phi) is 4.63. The Hall–Kier alpha value is -0.340. The van der Waals surface area contributed by atoms with E-state index in [1.165, 1.54) is 29.3 Å². The first-order valence-electron chi connectivity index (χ1n) is 6.62. The number of benzene rings is 1. The molecular weight excluding hydrogens is 274 g/mol. The molecule has 1 fully saturated rings. The highest BCUT2D eigenvalue weighted by Gasteiger charge is 2.23. The van der Waals surface area contributed by atoms with Gasteiger partial charge in [0.2, 0.25) is 0 Å². The molecule has 0 amide bonds. The second-order valence-electron chi connectivity index (χ2n) is 5.59. The minimum Gasteiger partial charge on any atom is -0.310 e. The van der Waals surface area contributed by atoms with Crippen LogP contribution in [0.5, 0.6) is 0 Å². The fourth-order valence-corrected chi connectivity index (χ4v) is 3.43. The highest BCUT2D eigenvalue weighted by atomic mass is 79.9. The monoisotopic (exact) mass is 295 g/mol. The molecule has 0 saturated heterocycles. The van der Waals surface area contributed by atoms with Gasteiger partial charge in [0.1, 0.15) is 0 Å². The molecule has 2 heteroatoms. The lowest BCUT2D eigenvalue weighted by atomic mass is 9.80. The molecule has 0 aromatic heterocycles. The molecule has 2 rings (SSSR count). The molecule has 2 atom stereocenters. The molecule has 1 aromatic rings. The van der Waals surface area contributed by atoms with E-state index < -0.39 is 0 Å². The van der Waals surface area contributed by atoms with Crippen molar-refractivity contribution in [2.75, 3.05) is 0 Å². The van der Waals surface area contributed by atoms with Gasteiger partial charge in [-0.25, -0.2) is 0 Å². The highest BCUT2D eigenvalue weighted by molar-refractivity contribution is 9.10. The molecule has 0 heterocycles. The lowest BCUT2D eigenvalue weighted by Gasteiger charge is -2.32. The van der Waals surface area contributed by atoms with Crippen LogP contribution in [0.25, 0.3) is 0 Å². The summed E-state index contributed by atoms with van der Waals surface area (Å²) in [5, 5.41) is 3.71. The number of halogens is 1. The maximum Gasteiger partial charge on any atom is 0.0220 e. The number of nitrogens with one attached hydrogen (secondary N) is 1. The Labute approximate surface area is 113 Å². The SMILES string of the molecule is CC1CC(C)CC(NCc2ccccc2Br)C1. The van der Waals surface area contributed by atoms with Crippen LogP contribution >= 0.6 is 15.9 Å². The van der Waals surface area contributed by atoms with Gasteiger partial charge in [0.15, 0.2) is 0 Å². The summed E-state index contributed by atoms with van der Waals surface area (Å²) in [5.74, 6) is 1.74. The first-order chi connectivity index (χ1) is 8.15. The third-order valence-electron chi connectivity index (χ3n) is 3.72. The van der Waals surface area contributed by atoms with Gasteiger partial charge in [-0.3, -0.25) is 0 Å². The zero-order chi connectivity index (χ0) is 12.3. The van der Waals surface area contributed by atoms with E-state index in [0.717, 1.165) is 18.4 Å². The van der Waals surface area contributed by atoms with Crippen LogP contribution in [0.2, 0.25) is 0 Å². The second kappa shape index (κ2) is 6.01. The quantitative estimate of drug-likeness (QED) is 0.873. The standard InChI is InChI=1S/C15H22BrN/c1-11-7-12(2)9-14(8-11)17-10-13-5-3-4-6-15(13)16/h3-6,11-12,14,17H,7-10H2,1-2H3. The van der Waals surface area contributed by atoms with Crippen molar-refractivity contribution in [3.05, 3.63) is 34.3 Å². The van der Waals surface area contributed by atoms with Crippen molar-refractivity contribution in [1.82, 2.24) is 5.32 Å². The second-order valence-corrected chi connectivity index (χ2v) is 6.44. The van der Waals surface area contributed by atoms with Crippen LogP contribution in [0.3, 0.4) is 0 Å². The molecule has 0 spiro atoms. The lowest BCUT2D eigenvalue weighted by Crippen LogP contribution is -2.35. The molecule has 2 unspecified atom stereocenters. The van der Waals surface area contributed by atoms with Crippen LogP contribution in [0.15, 0.2) is 28.7 Å². The Morgan fingerprint density at radius 1 is 1.12 bits per heavy atom. The summed E-state index contributed by atoms with van der Waals surface area (Å²) in [6, 6.07) is 9.17. The van der Waals surface area contributed by atoms with Gasteiger partial charge in [-0.1, -0.05) is 48.0 Å². The minimum absolute atomic E-state index is 0.695. The molecule has 1 N–H and O–H groups in total. The average Bonchev–Trinajstić information content (AvgIpc) is 2.27. The Bertz CT molecular complexity index is 354. The average molecular weight is 296 g/mol. The Morgan fingerprint density at radius 3 is 2.41 bits per heavy atom. The molecule has 0 aliphatic heterocycles. The van der Waals surface area contributed by atoms with Crippen LogP contribution < -0.4 is 5.32 Å². The first-order valence-corrected chi connectivity index (χ1v) is 7.41. The number of rotatable bonds is 3. The summed E-state index contributed by atoms with van der Waals surface area (Å²) < 4.78 is 1.21. The van der Waals surface area contributed by atoms with Crippen molar-refractivity contribution in [1.29, 1.82) is 0 Å². The van der Waals surface area contributed by atoms with Crippen molar-refractivity contribution in [2.45, 2.75) is 45.7 Å². The first kappa shape index (κ1) is 13.1. The fourth-order valence-electron chi connectivity index (χ4n) is 3.01. The predicted octanol–water partition coefficient (Wildman–Crippen LogP) is 4.36. The Morgan fingerprint density at radius 2 is 1.76 bits per heavy atom. The molecule has 94 valence electrons. The number of hydrogen-bond donors (Lipinski definition) is 1. The van der Waals surface area contributed by atoms with Gasteiger partial charge in [0.25, 0.3) is 0 Å². The van der Waals surface area contributed by atoms with E-state index in [1.54, 1.807) is 0 Å². The van der Waals surface area contributed by atoms with Crippen LogP contribution in [0.4, 0.5) is 0 Å². The smallest absolute Gasteiger partial charge is 0.0220 e. The molecule has 1 aliphatic carbocycles. The van der Waals surface area contributed by atoms with Crippen molar-refractivity contribution in [2.24, 2.45) is 11.8 Å². The van der Waals surface area contributed by atoms with Crippen LogP contribution in [-0.2, 0) is 6.54 Å². The summed E-state index contributed by atoms with van der Waals surface area (Å²) in [4.78, 5) is 0. The maximum absolute atomic E-state index is 3.71. The predicted molar refractivity (Wildman–Crippen MR) is 76.9 cm³/mol. The Balaban J connectivity index is 1.88. The van der Waals surface area contributed by atoms with E-state index in [-0.39, 0.29) is 0 Å². The van der Waals surface area contributed by atoms with E-state index in [9.17, 15) is 0 Å². The zero-order valence-corrected chi connectivity index (χ0v) is 12.3. The zero-order valence-electron chi connectivity index (χ0n) is 10.7. The van der Waals surface area contributed by atoms with Gasteiger partial charge in [0.05, 0.1) is 0 Å². The van der Waals surface area contributed by atoms with Crippen LogP contribution in [0, 0.1) is 11.8 Å². The van der Waals surface area contributed by atoms with Gasteiger partial charge in [0, 0.05) is 17.1 Å². The molecule has 17 heavy (non-hydrogen) atoms. The van der Waals surface area contributed by atoms with E-state index in [1.807, 2.05) is 0 Å². The van der Waals surface area contributed by atoms with E-state index in [4.69, 9.17) is 0 Å². The van der Waals surface area contributed by atoms with Gasteiger partial charge in [-0.05, 0) is 42.7 Å². The maximum atomic E-state index is 3.71. The molecule has 1 saturated carbocycles. The molecule has 1 nitrogen and oxygen atoms in total. The third kappa shape index (κ3) is 3.82. The van der Waals surface area contributed by atoms with E-state index >= 15 is 0 Å². The largest absolute Gasteiger partial charge is 0.310 e. The summed E-state index contributed by atoms with van der Waals surface area (Å²) in [7, 11) is 0. The van der Waals surface area contributed by atoms with Crippen LogP contribution in [0.1, 0.15) is 38.7 Å².